The molecule has 2 heterocycles. The zero-order valence-corrected chi connectivity index (χ0v) is 11.5. The Morgan fingerprint density at radius 2 is 2.05 bits per heavy atom. The van der Waals surface area contributed by atoms with Gasteiger partial charge in [0.25, 0.3) is 0 Å². The van der Waals surface area contributed by atoms with Gasteiger partial charge in [-0.2, -0.15) is 5.10 Å². The summed E-state index contributed by atoms with van der Waals surface area (Å²) in [6, 6.07) is 11.9. The summed E-state index contributed by atoms with van der Waals surface area (Å²) in [4.78, 5) is 11.8. The van der Waals surface area contributed by atoms with E-state index in [1.807, 2.05) is 19.1 Å². The van der Waals surface area contributed by atoms with E-state index in [2.05, 4.69) is 29.4 Å². The fourth-order valence-electron chi connectivity index (χ4n) is 2.44. The highest BCUT2D eigenvalue weighted by Crippen LogP contribution is 2.32. The van der Waals surface area contributed by atoms with Gasteiger partial charge in [-0.15, -0.1) is 0 Å². The third-order valence-corrected chi connectivity index (χ3v) is 3.50. The average Bonchev–Trinajstić information content (AvgIpc) is 3.08. The van der Waals surface area contributed by atoms with Crippen LogP contribution in [-0.2, 0) is 4.79 Å². The minimum Gasteiger partial charge on any atom is -0.463 e. The predicted molar refractivity (Wildman–Crippen MR) is 76.3 cm³/mol. The summed E-state index contributed by atoms with van der Waals surface area (Å²) in [5.74, 6) is 0.669. The lowest BCUT2D eigenvalue weighted by atomic mass is 10.00. The number of furan rings is 1. The molecule has 0 N–H and O–H groups in total. The molecule has 102 valence electrons. The van der Waals surface area contributed by atoms with Crippen LogP contribution in [0.3, 0.4) is 0 Å². The lowest BCUT2D eigenvalue weighted by Crippen LogP contribution is -2.24. The Bertz CT molecular complexity index is 642. The van der Waals surface area contributed by atoms with Gasteiger partial charge < -0.3 is 4.42 Å². The smallest absolute Gasteiger partial charge is 0.240 e. The van der Waals surface area contributed by atoms with E-state index in [-0.39, 0.29) is 11.9 Å². The van der Waals surface area contributed by atoms with Crippen LogP contribution in [0.25, 0.3) is 0 Å². The van der Waals surface area contributed by atoms with E-state index < -0.39 is 0 Å². The second-order valence-electron chi connectivity index (χ2n) is 5.02. The van der Waals surface area contributed by atoms with Crippen molar-refractivity contribution in [2.75, 3.05) is 0 Å². The highest BCUT2D eigenvalue weighted by Gasteiger charge is 2.32. The zero-order valence-electron chi connectivity index (χ0n) is 11.5. The molecule has 0 saturated carbocycles. The number of carbonyl (C=O) groups excluding carboxylic acids is 1. The first-order chi connectivity index (χ1) is 9.65. The van der Waals surface area contributed by atoms with Gasteiger partial charge in [0.1, 0.15) is 11.5 Å². The number of aryl methyl sites for hydroxylation is 1. The fourth-order valence-corrected chi connectivity index (χ4v) is 2.44. The quantitative estimate of drug-likeness (QED) is 0.839. The lowest BCUT2D eigenvalue weighted by Gasteiger charge is -2.20. The van der Waals surface area contributed by atoms with E-state index in [0.717, 1.165) is 17.0 Å². The van der Waals surface area contributed by atoms with Crippen LogP contribution in [-0.4, -0.2) is 16.6 Å². The summed E-state index contributed by atoms with van der Waals surface area (Å²) >= 11 is 0. The maximum atomic E-state index is 11.8. The summed E-state index contributed by atoms with van der Waals surface area (Å²) in [5, 5.41) is 5.96. The lowest BCUT2D eigenvalue weighted by molar-refractivity contribution is -0.130. The van der Waals surface area contributed by atoms with Crippen LogP contribution in [0, 0.1) is 6.92 Å². The predicted octanol–water partition coefficient (Wildman–Crippen LogP) is 3.29. The van der Waals surface area contributed by atoms with Crippen molar-refractivity contribution < 1.29 is 9.21 Å². The van der Waals surface area contributed by atoms with Gasteiger partial charge in [0.2, 0.25) is 5.91 Å². The topological polar surface area (TPSA) is 45.8 Å². The van der Waals surface area contributed by atoms with E-state index in [1.165, 1.54) is 12.5 Å². The van der Waals surface area contributed by atoms with Crippen molar-refractivity contribution in [1.82, 2.24) is 5.01 Å². The number of carbonyl (C=O) groups is 1. The summed E-state index contributed by atoms with van der Waals surface area (Å²) in [7, 11) is 0. The maximum absolute atomic E-state index is 11.8. The number of hydrogen-bond acceptors (Lipinski definition) is 3. The van der Waals surface area contributed by atoms with Crippen LogP contribution in [0.1, 0.15) is 36.3 Å². The molecule has 1 atom stereocenters. The molecule has 0 radical (unpaired) electrons. The molecule has 0 spiro atoms. The van der Waals surface area contributed by atoms with Crippen LogP contribution < -0.4 is 0 Å². The van der Waals surface area contributed by atoms with Gasteiger partial charge in [0.05, 0.1) is 12.3 Å². The monoisotopic (exact) mass is 268 g/mol. The summed E-state index contributed by atoms with van der Waals surface area (Å²) in [6.45, 7) is 3.59. The van der Waals surface area contributed by atoms with Gasteiger partial charge in [0.15, 0.2) is 0 Å². The standard InChI is InChI=1S/C16H16N2O2/c1-11-5-7-13(8-6-11)15-10-14(16-4-3-9-20-16)17-18(15)12(2)19/h3-9,15H,10H2,1-2H3/t15-/m1/s1. The average molecular weight is 268 g/mol. The van der Waals surface area contributed by atoms with E-state index in [9.17, 15) is 4.79 Å². The Labute approximate surface area is 117 Å². The van der Waals surface area contributed by atoms with Crippen molar-refractivity contribution >= 4 is 11.6 Å². The second kappa shape index (κ2) is 4.96. The van der Waals surface area contributed by atoms with Gasteiger partial charge in [-0.05, 0) is 24.6 Å². The molecule has 0 saturated heterocycles. The van der Waals surface area contributed by atoms with E-state index in [1.54, 1.807) is 11.3 Å². The fraction of sp³-hybridized carbons (Fsp3) is 0.250. The molecule has 4 heteroatoms. The van der Waals surface area contributed by atoms with Gasteiger partial charge in [-0.3, -0.25) is 4.79 Å². The Morgan fingerprint density at radius 3 is 2.65 bits per heavy atom. The van der Waals surface area contributed by atoms with Crippen LogP contribution in [0.5, 0.6) is 0 Å². The van der Waals surface area contributed by atoms with Crippen molar-refractivity contribution in [3.63, 3.8) is 0 Å². The number of amides is 1. The first-order valence-corrected chi connectivity index (χ1v) is 6.63. The zero-order chi connectivity index (χ0) is 14.1. The van der Waals surface area contributed by atoms with Crippen molar-refractivity contribution in [3.8, 4) is 0 Å². The maximum Gasteiger partial charge on any atom is 0.240 e. The van der Waals surface area contributed by atoms with Gasteiger partial charge in [-0.25, -0.2) is 5.01 Å². The van der Waals surface area contributed by atoms with E-state index >= 15 is 0 Å². The van der Waals surface area contributed by atoms with E-state index in [4.69, 9.17) is 4.42 Å². The van der Waals surface area contributed by atoms with Crippen molar-refractivity contribution in [3.05, 3.63) is 59.5 Å². The highest BCUT2D eigenvalue weighted by atomic mass is 16.3. The SMILES string of the molecule is CC(=O)N1N=C(c2ccco2)C[C@@H]1c1ccc(C)cc1. The van der Waals surface area contributed by atoms with Crippen LogP contribution in [0.2, 0.25) is 0 Å². The summed E-state index contributed by atoms with van der Waals surface area (Å²) in [6.07, 6.45) is 2.30. The van der Waals surface area contributed by atoms with E-state index in [0.29, 0.717) is 6.42 Å². The molecular weight excluding hydrogens is 252 g/mol. The largest absolute Gasteiger partial charge is 0.463 e. The minimum atomic E-state index is -0.0582. The molecule has 0 bridgehead atoms. The Kier molecular flexibility index (Phi) is 3.14. The van der Waals surface area contributed by atoms with Crippen LogP contribution >= 0.6 is 0 Å². The Morgan fingerprint density at radius 1 is 1.30 bits per heavy atom. The minimum absolute atomic E-state index is 0.0480. The third kappa shape index (κ3) is 2.25. The first-order valence-electron chi connectivity index (χ1n) is 6.63. The molecule has 2 aromatic rings. The molecular formula is C16H16N2O2. The van der Waals surface area contributed by atoms with Crippen molar-refractivity contribution in [2.45, 2.75) is 26.3 Å². The number of nitrogens with zero attached hydrogens (tertiary/aromatic N) is 2. The molecule has 20 heavy (non-hydrogen) atoms. The third-order valence-electron chi connectivity index (χ3n) is 3.50. The van der Waals surface area contributed by atoms with Gasteiger partial charge in [-0.1, -0.05) is 29.8 Å². The molecule has 1 aliphatic heterocycles. The molecule has 1 amide bonds. The number of benzene rings is 1. The number of rotatable bonds is 2. The molecule has 3 rings (SSSR count). The second-order valence-corrected chi connectivity index (χ2v) is 5.02. The first kappa shape index (κ1) is 12.7. The van der Waals surface area contributed by atoms with Crippen molar-refractivity contribution in [2.24, 2.45) is 5.10 Å². The molecule has 0 unspecified atom stereocenters. The molecule has 0 aliphatic carbocycles. The molecule has 1 aromatic carbocycles. The normalized spacial score (nSPS) is 18.2. The summed E-state index contributed by atoms with van der Waals surface area (Å²) in [5.41, 5.74) is 3.11. The Balaban J connectivity index is 1.93. The molecule has 1 aliphatic rings. The van der Waals surface area contributed by atoms with Gasteiger partial charge >= 0.3 is 0 Å². The summed E-state index contributed by atoms with van der Waals surface area (Å²) < 4.78 is 5.38. The molecule has 4 nitrogen and oxygen atoms in total. The van der Waals surface area contributed by atoms with Crippen LogP contribution in [0.15, 0.2) is 52.2 Å². The highest BCUT2D eigenvalue weighted by molar-refractivity contribution is 6.00. The molecule has 0 fully saturated rings. The van der Waals surface area contributed by atoms with Crippen LogP contribution in [0.4, 0.5) is 0 Å². The van der Waals surface area contributed by atoms with Crippen molar-refractivity contribution in [1.29, 1.82) is 0 Å². The number of hydrogen-bond donors (Lipinski definition) is 0. The van der Waals surface area contributed by atoms with Gasteiger partial charge in [0, 0.05) is 13.3 Å². The number of hydrazone groups is 1. The molecule has 1 aromatic heterocycles. The Hall–Kier alpha value is -2.36.